The molecule has 1 saturated heterocycles. The first-order chi connectivity index (χ1) is 17.3. The normalized spacial score (nSPS) is 17.2. The SMILES string of the molecule is CCOc1ccc(/C(O)=C2\C(=O)C(=O)N(c3nc4c(C)cc(C)cc4s3)[C@H]2c2ccc(Cl)cc2)cc1. The number of rotatable bonds is 5. The van der Waals surface area contributed by atoms with Gasteiger partial charge in [0.05, 0.1) is 28.4 Å². The first-order valence-electron chi connectivity index (χ1n) is 11.5. The lowest BCUT2D eigenvalue weighted by Gasteiger charge is -2.23. The Kier molecular flexibility index (Phi) is 6.28. The topological polar surface area (TPSA) is 79.7 Å². The van der Waals surface area contributed by atoms with Crippen molar-refractivity contribution in [2.75, 3.05) is 11.5 Å². The van der Waals surface area contributed by atoms with Crippen LogP contribution >= 0.6 is 22.9 Å². The average Bonchev–Trinajstić information content (AvgIpc) is 3.38. The van der Waals surface area contributed by atoms with Crippen LogP contribution in [0.4, 0.5) is 5.13 Å². The zero-order valence-corrected chi connectivity index (χ0v) is 21.5. The standard InChI is InChI=1S/C28H23ClN2O4S/c1-4-35-20-11-7-18(8-12-20)25(32)22-24(17-5-9-19(29)10-6-17)31(27(34)26(22)33)28-30-23-16(3)13-15(2)14-21(23)36-28/h5-14,24,32H,4H2,1-3H3/b25-22+/t24-/m0/s1. The van der Waals surface area contributed by atoms with Gasteiger partial charge >= 0.3 is 5.91 Å². The molecule has 5 rings (SSSR count). The molecule has 0 saturated carbocycles. The largest absolute Gasteiger partial charge is 0.507 e. The summed E-state index contributed by atoms with van der Waals surface area (Å²) in [6.45, 7) is 6.36. The summed E-state index contributed by atoms with van der Waals surface area (Å²) in [5.74, 6) is -1.12. The van der Waals surface area contributed by atoms with E-state index in [9.17, 15) is 14.7 Å². The molecular formula is C28H23ClN2O4S. The van der Waals surface area contributed by atoms with E-state index in [2.05, 4.69) is 0 Å². The van der Waals surface area contributed by atoms with Crippen molar-refractivity contribution in [3.05, 3.63) is 93.5 Å². The van der Waals surface area contributed by atoms with Crippen LogP contribution in [0.1, 0.15) is 35.2 Å². The van der Waals surface area contributed by atoms with Crippen LogP contribution in [0.2, 0.25) is 5.02 Å². The van der Waals surface area contributed by atoms with E-state index in [-0.39, 0.29) is 11.3 Å². The number of thiazole rings is 1. The fourth-order valence-corrected chi connectivity index (χ4v) is 5.78. The Morgan fingerprint density at radius 2 is 1.78 bits per heavy atom. The van der Waals surface area contributed by atoms with E-state index >= 15 is 0 Å². The summed E-state index contributed by atoms with van der Waals surface area (Å²) in [6, 6.07) is 16.8. The molecule has 8 heteroatoms. The number of ketones is 1. The van der Waals surface area contributed by atoms with Crippen molar-refractivity contribution in [2.45, 2.75) is 26.8 Å². The van der Waals surface area contributed by atoms with Gasteiger partial charge in [0.2, 0.25) is 0 Å². The number of ether oxygens (including phenoxy) is 1. The lowest BCUT2D eigenvalue weighted by Crippen LogP contribution is -2.29. The van der Waals surface area contributed by atoms with E-state index in [1.165, 1.54) is 16.2 Å². The summed E-state index contributed by atoms with van der Waals surface area (Å²) >= 11 is 7.46. The molecule has 1 aliphatic rings. The number of benzene rings is 3. The van der Waals surface area contributed by atoms with Crippen molar-refractivity contribution in [3.63, 3.8) is 0 Å². The van der Waals surface area contributed by atoms with Gasteiger partial charge in [-0.05, 0) is 79.9 Å². The Hall–Kier alpha value is -3.68. The number of aryl methyl sites for hydroxylation is 2. The molecule has 1 aliphatic heterocycles. The second-order valence-electron chi connectivity index (χ2n) is 8.60. The molecule has 3 aromatic carbocycles. The Morgan fingerprint density at radius 1 is 1.08 bits per heavy atom. The van der Waals surface area contributed by atoms with E-state index in [1.54, 1.807) is 48.5 Å². The summed E-state index contributed by atoms with van der Waals surface area (Å²) in [7, 11) is 0. The van der Waals surface area contributed by atoms with Crippen molar-refractivity contribution < 1.29 is 19.4 Å². The Labute approximate surface area is 217 Å². The van der Waals surface area contributed by atoms with Gasteiger partial charge in [0, 0.05) is 10.6 Å². The molecule has 1 atom stereocenters. The molecule has 1 N–H and O–H groups in total. The van der Waals surface area contributed by atoms with Gasteiger partial charge in [0.25, 0.3) is 5.78 Å². The van der Waals surface area contributed by atoms with E-state index in [4.69, 9.17) is 21.3 Å². The number of hydrogen-bond donors (Lipinski definition) is 1. The highest BCUT2D eigenvalue weighted by molar-refractivity contribution is 7.22. The van der Waals surface area contributed by atoms with Crippen LogP contribution in [-0.4, -0.2) is 28.4 Å². The van der Waals surface area contributed by atoms with Crippen LogP contribution in [0, 0.1) is 13.8 Å². The molecule has 0 bridgehead atoms. The molecule has 2 heterocycles. The minimum absolute atomic E-state index is 0.00126. The molecule has 0 aliphatic carbocycles. The molecular weight excluding hydrogens is 496 g/mol. The molecule has 0 spiro atoms. The van der Waals surface area contributed by atoms with Gasteiger partial charge < -0.3 is 9.84 Å². The predicted molar refractivity (Wildman–Crippen MR) is 143 cm³/mol. The number of carbonyl (C=O) groups excluding carboxylic acids is 2. The Bertz CT molecular complexity index is 1520. The van der Waals surface area contributed by atoms with E-state index in [0.717, 1.165) is 21.3 Å². The molecule has 0 unspecified atom stereocenters. The average molecular weight is 519 g/mol. The first-order valence-corrected chi connectivity index (χ1v) is 12.7. The highest BCUT2D eigenvalue weighted by Crippen LogP contribution is 2.45. The molecule has 182 valence electrons. The lowest BCUT2D eigenvalue weighted by molar-refractivity contribution is -0.132. The summed E-state index contributed by atoms with van der Waals surface area (Å²) in [4.78, 5) is 32.9. The smallest absolute Gasteiger partial charge is 0.301 e. The number of Topliss-reactive ketones (excluding diaryl/α,β-unsaturated/α-hetero) is 1. The minimum atomic E-state index is -0.865. The Morgan fingerprint density at radius 3 is 2.44 bits per heavy atom. The molecule has 6 nitrogen and oxygen atoms in total. The summed E-state index contributed by atoms with van der Waals surface area (Å²) < 4.78 is 6.40. The number of fused-ring (bicyclic) bond motifs is 1. The second-order valence-corrected chi connectivity index (χ2v) is 10.0. The second kappa shape index (κ2) is 9.41. The summed E-state index contributed by atoms with van der Waals surface area (Å²) in [5, 5.41) is 12.2. The van der Waals surface area contributed by atoms with Gasteiger partial charge in [0.15, 0.2) is 5.13 Å². The molecule has 0 radical (unpaired) electrons. The fourth-order valence-electron chi connectivity index (χ4n) is 4.48. The number of aliphatic hydroxyl groups is 1. The van der Waals surface area contributed by atoms with Crippen molar-refractivity contribution in [1.82, 2.24) is 4.98 Å². The summed E-state index contributed by atoms with van der Waals surface area (Å²) in [6.07, 6.45) is 0. The van der Waals surface area contributed by atoms with Crippen molar-refractivity contribution >= 4 is 55.7 Å². The zero-order valence-electron chi connectivity index (χ0n) is 19.9. The number of aromatic nitrogens is 1. The number of nitrogens with zero attached hydrogens (tertiary/aromatic N) is 2. The maximum atomic E-state index is 13.4. The maximum absolute atomic E-state index is 13.4. The third kappa shape index (κ3) is 4.14. The van der Waals surface area contributed by atoms with Gasteiger partial charge in [-0.25, -0.2) is 4.98 Å². The number of carbonyl (C=O) groups is 2. The lowest BCUT2D eigenvalue weighted by atomic mass is 9.95. The van der Waals surface area contributed by atoms with Gasteiger partial charge in [-0.2, -0.15) is 0 Å². The molecule has 4 aromatic rings. The highest BCUT2D eigenvalue weighted by Gasteiger charge is 2.48. The third-order valence-corrected chi connectivity index (χ3v) is 7.35. The monoisotopic (exact) mass is 518 g/mol. The summed E-state index contributed by atoms with van der Waals surface area (Å²) in [5.41, 5.74) is 3.90. The maximum Gasteiger partial charge on any atom is 0.301 e. The Balaban J connectivity index is 1.69. The van der Waals surface area contributed by atoms with Crippen molar-refractivity contribution in [2.24, 2.45) is 0 Å². The quantitative estimate of drug-likeness (QED) is 0.183. The van der Waals surface area contributed by atoms with Gasteiger partial charge in [-0.1, -0.05) is 41.1 Å². The number of hydrogen-bond acceptors (Lipinski definition) is 6. The van der Waals surface area contributed by atoms with Gasteiger partial charge in [0.1, 0.15) is 11.5 Å². The molecule has 1 aromatic heterocycles. The molecule has 1 amide bonds. The van der Waals surface area contributed by atoms with E-state index in [1.807, 2.05) is 32.9 Å². The number of amides is 1. The number of halogens is 1. The van der Waals surface area contributed by atoms with Crippen molar-refractivity contribution in [1.29, 1.82) is 0 Å². The molecule has 36 heavy (non-hydrogen) atoms. The van der Waals surface area contributed by atoms with Gasteiger partial charge in [-0.3, -0.25) is 14.5 Å². The fraction of sp³-hybridized carbons (Fsp3) is 0.179. The van der Waals surface area contributed by atoms with Crippen molar-refractivity contribution in [3.8, 4) is 5.75 Å². The van der Waals surface area contributed by atoms with Gasteiger partial charge in [-0.15, -0.1) is 0 Å². The molecule has 1 fully saturated rings. The zero-order chi connectivity index (χ0) is 25.6. The number of anilines is 1. The van der Waals surface area contributed by atoms with Crippen LogP contribution < -0.4 is 9.64 Å². The van der Waals surface area contributed by atoms with Crippen LogP contribution in [0.25, 0.3) is 16.0 Å². The van der Waals surface area contributed by atoms with E-state index < -0.39 is 17.7 Å². The van der Waals surface area contributed by atoms with Crippen LogP contribution in [-0.2, 0) is 9.59 Å². The first kappa shape index (κ1) is 24.0. The predicted octanol–water partition coefficient (Wildman–Crippen LogP) is 6.59. The highest BCUT2D eigenvalue weighted by atomic mass is 35.5. The minimum Gasteiger partial charge on any atom is -0.507 e. The van der Waals surface area contributed by atoms with E-state index in [0.29, 0.717) is 33.6 Å². The van der Waals surface area contributed by atoms with Crippen LogP contribution in [0.15, 0.2) is 66.2 Å². The third-order valence-electron chi connectivity index (χ3n) is 6.09. The van der Waals surface area contributed by atoms with Crippen LogP contribution in [0.5, 0.6) is 5.75 Å². The number of aliphatic hydroxyl groups excluding tert-OH is 1. The van der Waals surface area contributed by atoms with Crippen LogP contribution in [0.3, 0.4) is 0 Å².